The van der Waals surface area contributed by atoms with Gasteiger partial charge in [-0.2, -0.15) is 30.7 Å². The maximum Gasteiger partial charge on any atom is 0.460 e. The van der Waals surface area contributed by atoms with Crippen molar-refractivity contribution in [2.75, 3.05) is 13.2 Å². The van der Waals surface area contributed by atoms with Crippen LogP contribution in [0.1, 0.15) is 105 Å². The molecule has 1 rings (SSSR count). The number of ether oxygens (including phenoxy) is 2. The van der Waals surface area contributed by atoms with Crippen LogP contribution in [0.15, 0.2) is 24.3 Å². The Morgan fingerprint density at radius 2 is 1.05 bits per heavy atom. The summed E-state index contributed by atoms with van der Waals surface area (Å²) in [6.07, 6.45) is 6.76. The van der Waals surface area contributed by atoms with Gasteiger partial charge in [0.2, 0.25) is 0 Å². The van der Waals surface area contributed by atoms with E-state index in [1.807, 2.05) is 0 Å². The molecule has 0 saturated heterocycles. The molecule has 0 aliphatic rings. The van der Waals surface area contributed by atoms with Crippen molar-refractivity contribution in [2.24, 2.45) is 0 Å². The summed E-state index contributed by atoms with van der Waals surface area (Å²) in [5.74, 6) is -14.7. The molecule has 1 aromatic rings. The van der Waals surface area contributed by atoms with Gasteiger partial charge in [-0.05, 0) is 18.6 Å². The van der Waals surface area contributed by atoms with Crippen molar-refractivity contribution in [2.45, 2.75) is 102 Å². The Morgan fingerprint density at radius 1 is 0.649 bits per heavy atom. The van der Waals surface area contributed by atoms with Gasteiger partial charge in [0.05, 0.1) is 17.7 Å². The first kappa shape index (κ1) is 32.7. The molecule has 0 amide bonds. The first-order valence-electron chi connectivity index (χ1n) is 12.6. The van der Waals surface area contributed by atoms with Crippen molar-refractivity contribution >= 4 is 11.9 Å². The van der Waals surface area contributed by atoms with Gasteiger partial charge < -0.3 is 9.47 Å². The molecule has 0 fully saturated rings. The van der Waals surface area contributed by atoms with Crippen molar-refractivity contribution in [3.63, 3.8) is 0 Å². The lowest BCUT2D eigenvalue weighted by atomic mass is 10.1. The quantitative estimate of drug-likeness (QED) is 0.106. The highest BCUT2D eigenvalue weighted by Gasteiger charge is 2.73. The van der Waals surface area contributed by atoms with Gasteiger partial charge in [-0.1, -0.05) is 89.7 Å². The summed E-state index contributed by atoms with van der Waals surface area (Å²) >= 11 is 0. The van der Waals surface area contributed by atoms with Crippen molar-refractivity contribution in [3.05, 3.63) is 35.4 Å². The van der Waals surface area contributed by atoms with E-state index in [-0.39, 0.29) is 12.2 Å². The highest BCUT2D eigenvalue weighted by atomic mass is 19.4. The summed E-state index contributed by atoms with van der Waals surface area (Å²) < 4.78 is 98.6. The standard InChI is InChI=1S/C26H35F7O4/c1-2-3-4-5-6-7-8-9-10-11-12-15-18-36-22(34)20-16-13-14-17-21(20)23(35)37-19-24(27,28)25(29,30)26(31,32)33/h13-14,16-17H,2-12,15,18-19H2,1H3. The first-order valence-corrected chi connectivity index (χ1v) is 12.6. The third kappa shape index (κ3) is 10.9. The number of carbonyl (C=O) groups excluding carboxylic acids is 2. The predicted octanol–water partition coefficient (Wildman–Crippen LogP) is 8.53. The Bertz CT molecular complexity index is 825. The number of hydrogen-bond donors (Lipinski definition) is 0. The Morgan fingerprint density at radius 3 is 1.49 bits per heavy atom. The molecule has 0 radical (unpaired) electrons. The largest absolute Gasteiger partial charge is 0.462 e. The van der Waals surface area contributed by atoms with Crippen LogP contribution in [0.25, 0.3) is 0 Å². The van der Waals surface area contributed by atoms with Gasteiger partial charge in [0, 0.05) is 0 Å². The van der Waals surface area contributed by atoms with Crippen LogP contribution in [0.2, 0.25) is 0 Å². The van der Waals surface area contributed by atoms with Crippen LogP contribution < -0.4 is 0 Å². The minimum absolute atomic E-state index is 0.0372. The number of benzene rings is 1. The molecule has 1 aromatic carbocycles. The number of rotatable bonds is 18. The van der Waals surface area contributed by atoms with Gasteiger partial charge in [0.15, 0.2) is 6.61 Å². The predicted molar refractivity (Wildman–Crippen MR) is 124 cm³/mol. The molecular formula is C26H35F7O4. The van der Waals surface area contributed by atoms with Crippen LogP contribution in [-0.4, -0.2) is 43.2 Å². The third-order valence-electron chi connectivity index (χ3n) is 5.80. The first-order chi connectivity index (χ1) is 17.3. The fraction of sp³-hybridized carbons (Fsp3) is 0.692. The van der Waals surface area contributed by atoms with E-state index in [0.29, 0.717) is 6.42 Å². The van der Waals surface area contributed by atoms with Crippen LogP contribution in [0.5, 0.6) is 0 Å². The summed E-state index contributed by atoms with van der Waals surface area (Å²) in [6.45, 7) is -0.305. The van der Waals surface area contributed by atoms with Crippen LogP contribution in [-0.2, 0) is 9.47 Å². The van der Waals surface area contributed by atoms with Crippen LogP contribution in [0.4, 0.5) is 30.7 Å². The minimum atomic E-state index is -6.54. The van der Waals surface area contributed by atoms with Crippen molar-refractivity contribution < 1.29 is 49.8 Å². The second kappa shape index (κ2) is 15.8. The summed E-state index contributed by atoms with van der Waals surface area (Å²) in [5, 5.41) is 0. The van der Waals surface area contributed by atoms with E-state index in [1.165, 1.54) is 57.1 Å². The topological polar surface area (TPSA) is 52.6 Å². The van der Waals surface area contributed by atoms with E-state index in [9.17, 15) is 40.3 Å². The van der Waals surface area contributed by atoms with Gasteiger partial charge in [0.1, 0.15) is 0 Å². The lowest BCUT2D eigenvalue weighted by molar-refractivity contribution is -0.359. The molecule has 37 heavy (non-hydrogen) atoms. The second-order valence-electron chi connectivity index (χ2n) is 8.92. The van der Waals surface area contributed by atoms with Crippen molar-refractivity contribution in [1.29, 1.82) is 0 Å². The van der Waals surface area contributed by atoms with Gasteiger partial charge in [-0.25, -0.2) is 9.59 Å². The molecule has 0 aliphatic heterocycles. The van der Waals surface area contributed by atoms with E-state index >= 15 is 0 Å². The highest BCUT2D eigenvalue weighted by molar-refractivity contribution is 6.03. The maximum atomic E-state index is 13.4. The molecule has 0 aliphatic carbocycles. The monoisotopic (exact) mass is 544 g/mol. The van der Waals surface area contributed by atoms with E-state index in [1.54, 1.807) is 0 Å². The normalized spacial score (nSPS) is 12.4. The number of alkyl halides is 7. The second-order valence-corrected chi connectivity index (χ2v) is 8.92. The highest BCUT2D eigenvalue weighted by Crippen LogP contribution is 2.46. The van der Waals surface area contributed by atoms with Gasteiger partial charge in [-0.3, -0.25) is 0 Å². The molecule has 0 aromatic heterocycles. The minimum Gasteiger partial charge on any atom is -0.462 e. The number of esters is 2. The average molecular weight is 545 g/mol. The van der Waals surface area contributed by atoms with Crippen LogP contribution >= 0.6 is 0 Å². The van der Waals surface area contributed by atoms with E-state index in [0.717, 1.165) is 37.8 Å². The molecular weight excluding hydrogens is 509 g/mol. The number of halogens is 7. The molecule has 0 saturated carbocycles. The summed E-state index contributed by atoms with van der Waals surface area (Å²) in [4.78, 5) is 24.4. The van der Waals surface area contributed by atoms with E-state index in [4.69, 9.17) is 4.74 Å². The molecule has 4 nitrogen and oxygen atoms in total. The van der Waals surface area contributed by atoms with Gasteiger partial charge in [-0.15, -0.1) is 0 Å². The zero-order valence-electron chi connectivity index (χ0n) is 21.0. The molecule has 212 valence electrons. The molecule has 0 unspecified atom stereocenters. The molecule has 11 heteroatoms. The average Bonchev–Trinajstić information content (AvgIpc) is 2.84. The molecule has 0 N–H and O–H groups in total. The Balaban J connectivity index is 2.41. The maximum absolute atomic E-state index is 13.4. The summed E-state index contributed by atoms with van der Waals surface area (Å²) in [7, 11) is 0. The van der Waals surface area contributed by atoms with Gasteiger partial charge >= 0.3 is 30.0 Å². The molecule has 0 heterocycles. The van der Waals surface area contributed by atoms with Crippen LogP contribution in [0.3, 0.4) is 0 Å². The lowest BCUT2D eigenvalue weighted by Crippen LogP contribution is -2.54. The van der Waals surface area contributed by atoms with Crippen molar-refractivity contribution in [1.82, 2.24) is 0 Å². The lowest BCUT2D eigenvalue weighted by Gasteiger charge is -2.27. The van der Waals surface area contributed by atoms with Crippen LogP contribution in [0, 0.1) is 0 Å². The fourth-order valence-electron chi connectivity index (χ4n) is 3.56. The van der Waals surface area contributed by atoms with E-state index < -0.39 is 42.1 Å². The zero-order valence-corrected chi connectivity index (χ0v) is 21.0. The fourth-order valence-corrected chi connectivity index (χ4v) is 3.56. The molecule has 0 bridgehead atoms. The number of carbonyl (C=O) groups is 2. The Labute approximate surface area is 212 Å². The Hall–Kier alpha value is -2.33. The number of hydrogen-bond acceptors (Lipinski definition) is 4. The number of unbranched alkanes of at least 4 members (excludes halogenated alkanes) is 11. The summed E-state index contributed by atoms with van der Waals surface area (Å²) in [6, 6.07) is 4.69. The molecule has 0 spiro atoms. The third-order valence-corrected chi connectivity index (χ3v) is 5.80. The molecule has 0 atom stereocenters. The Kier molecular flexibility index (Phi) is 14.0. The van der Waals surface area contributed by atoms with Crippen molar-refractivity contribution in [3.8, 4) is 0 Å². The SMILES string of the molecule is CCCCCCCCCCCCCCOC(=O)c1ccccc1C(=O)OCC(F)(F)C(F)(F)C(F)(F)F. The van der Waals surface area contributed by atoms with E-state index in [2.05, 4.69) is 11.7 Å². The smallest absolute Gasteiger partial charge is 0.460 e. The zero-order chi connectivity index (χ0) is 28.0. The summed E-state index contributed by atoms with van der Waals surface area (Å²) in [5.41, 5.74) is -0.967. The van der Waals surface area contributed by atoms with Gasteiger partial charge in [0.25, 0.3) is 0 Å².